The summed E-state index contributed by atoms with van der Waals surface area (Å²) >= 11 is 0. The van der Waals surface area contributed by atoms with Crippen LogP contribution in [0.2, 0.25) is 0 Å². The van der Waals surface area contributed by atoms with E-state index in [9.17, 15) is 4.79 Å². The highest BCUT2D eigenvalue weighted by molar-refractivity contribution is 14.0. The summed E-state index contributed by atoms with van der Waals surface area (Å²) in [6.45, 7) is 9.71. The third-order valence-corrected chi connectivity index (χ3v) is 4.34. The van der Waals surface area contributed by atoms with Gasteiger partial charge < -0.3 is 25.0 Å². The number of rotatable bonds is 7. The Kier molecular flexibility index (Phi) is 11.7. The van der Waals surface area contributed by atoms with Gasteiger partial charge in [0.1, 0.15) is 5.75 Å². The molecule has 0 bridgehead atoms. The number of piperidine rings is 1. The number of hydrogen-bond donors (Lipinski definition) is 2. The Hall–Kier alpha value is -1.71. The second-order valence-electron chi connectivity index (χ2n) is 6.38. The van der Waals surface area contributed by atoms with Crippen LogP contribution in [0.25, 0.3) is 0 Å². The van der Waals surface area contributed by atoms with Crippen molar-refractivity contribution in [3.05, 3.63) is 29.8 Å². The molecule has 2 N–H and O–H groups in total. The molecule has 2 rings (SSSR count). The van der Waals surface area contributed by atoms with Gasteiger partial charge in [-0.3, -0.25) is 0 Å². The second kappa shape index (κ2) is 13.5. The number of carbonyl (C=O) groups is 1. The smallest absolute Gasteiger partial charge is 0.409 e. The predicted molar refractivity (Wildman–Crippen MR) is 123 cm³/mol. The number of carbonyl (C=O) groups excluding carboxylic acids is 1. The van der Waals surface area contributed by atoms with Crippen LogP contribution in [0.3, 0.4) is 0 Å². The number of ether oxygens (including phenoxy) is 2. The molecule has 0 aromatic heterocycles. The molecular weight excluding hydrogens is 471 g/mol. The van der Waals surface area contributed by atoms with Crippen molar-refractivity contribution in [1.29, 1.82) is 0 Å². The molecule has 8 heteroatoms. The Labute approximate surface area is 185 Å². The maximum Gasteiger partial charge on any atom is 0.409 e. The fourth-order valence-electron chi connectivity index (χ4n) is 3.01. The highest BCUT2D eigenvalue weighted by Gasteiger charge is 2.24. The minimum Gasteiger partial charge on any atom is -0.494 e. The zero-order chi connectivity index (χ0) is 19.5. The Morgan fingerprint density at radius 2 is 1.96 bits per heavy atom. The monoisotopic (exact) mass is 504 g/mol. The van der Waals surface area contributed by atoms with Crippen LogP contribution in [-0.4, -0.2) is 55.8 Å². The maximum absolute atomic E-state index is 11.8. The Bertz CT molecular complexity index is 619. The first-order chi connectivity index (χ1) is 13.2. The van der Waals surface area contributed by atoms with Gasteiger partial charge in [0.2, 0.25) is 0 Å². The van der Waals surface area contributed by atoms with Crippen molar-refractivity contribution >= 4 is 36.0 Å². The van der Waals surface area contributed by atoms with Crippen molar-refractivity contribution in [1.82, 2.24) is 15.5 Å². The number of benzene rings is 1. The van der Waals surface area contributed by atoms with Crippen LogP contribution in [0.5, 0.6) is 5.75 Å². The van der Waals surface area contributed by atoms with E-state index in [1.165, 1.54) is 0 Å². The normalized spacial score (nSPS) is 14.8. The zero-order valence-electron chi connectivity index (χ0n) is 17.1. The van der Waals surface area contributed by atoms with Crippen LogP contribution in [0, 0.1) is 0 Å². The summed E-state index contributed by atoms with van der Waals surface area (Å²) in [5.74, 6) is 1.67. The van der Waals surface area contributed by atoms with Crippen molar-refractivity contribution in [2.24, 2.45) is 4.99 Å². The molecule has 1 aliphatic heterocycles. The van der Waals surface area contributed by atoms with E-state index in [1.54, 1.807) is 4.90 Å². The SMILES string of the molecule is CCNC(=NCc1cccc(OCC)c1)NC1CCN(C(=O)OCC)CC1.I. The van der Waals surface area contributed by atoms with Gasteiger partial charge in [0.15, 0.2) is 5.96 Å². The minimum atomic E-state index is -0.217. The van der Waals surface area contributed by atoms with E-state index in [4.69, 9.17) is 14.5 Å². The highest BCUT2D eigenvalue weighted by atomic mass is 127. The van der Waals surface area contributed by atoms with Gasteiger partial charge in [-0.25, -0.2) is 9.79 Å². The van der Waals surface area contributed by atoms with E-state index in [-0.39, 0.29) is 30.1 Å². The summed E-state index contributed by atoms with van der Waals surface area (Å²) in [5.41, 5.74) is 1.11. The first kappa shape index (κ1) is 24.3. The number of amides is 1. The number of halogens is 1. The molecule has 1 saturated heterocycles. The standard InChI is InChI=1S/C20H32N4O3.HI/c1-4-21-19(22-15-16-8-7-9-18(14-16)26-5-2)23-17-10-12-24(13-11-17)20(25)27-6-3;/h7-9,14,17H,4-6,10-13,15H2,1-3H3,(H2,21,22,23);1H. The molecule has 0 atom stereocenters. The van der Waals surface area contributed by atoms with Gasteiger partial charge in [-0.05, 0) is 51.3 Å². The van der Waals surface area contributed by atoms with E-state index in [0.29, 0.717) is 38.9 Å². The molecule has 0 radical (unpaired) electrons. The third-order valence-electron chi connectivity index (χ3n) is 4.34. The number of likely N-dealkylation sites (tertiary alicyclic amines) is 1. The molecule has 158 valence electrons. The number of guanidine groups is 1. The molecule has 0 spiro atoms. The van der Waals surface area contributed by atoms with Crippen molar-refractivity contribution in [3.63, 3.8) is 0 Å². The van der Waals surface area contributed by atoms with E-state index >= 15 is 0 Å². The molecule has 0 unspecified atom stereocenters. The highest BCUT2D eigenvalue weighted by Crippen LogP contribution is 2.14. The lowest BCUT2D eigenvalue weighted by atomic mass is 10.1. The Morgan fingerprint density at radius 1 is 1.21 bits per heavy atom. The first-order valence-electron chi connectivity index (χ1n) is 9.84. The molecular formula is C20H33IN4O3. The molecule has 0 saturated carbocycles. The molecule has 1 fully saturated rings. The van der Waals surface area contributed by atoms with Crippen LogP contribution < -0.4 is 15.4 Å². The largest absolute Gasteiger partial charge is 0.494 e. The summed E-state index contributed by atoms with van der Waals surface area (Å²) < 4.78 is 10.6. The molecule has 1 amide bonds. The van der Waals surface area contributed by atoms with E-state index < -0.39 is 0 Å². The molecule has 1 aromatic rings. The Morgan fingerprint density at radius 3 is 2.61 bits per heavy atom. The van der Waals surface area contributed by atoms with E-state index in [2.05, 4.69) is 17.6 Å². The van der Waals surface area contributed by atoms with Gasteiger partial charge in [-0.2, -0.15) is 0 Å². The fraction of sp³-hybridized carbons (Fsp3) is 0.600. The lowest BCUT2D eigenvalue weighted by molar-refractivity contribution is 0.0963. The summed E-state index contributed by atoms with van der Waals surface area (Å²) in [6.07, 6.45) is 1.54. The van der Waals surface area contributed by atoms with Gasteiger partial charge >= 0.3 is 6.09 Å². The van der Waals surface area contributed by atoms with Crippen molar-refractivity contribution in [2.45, 2.75) is 46.2 Å². The summed E-state index contributed by atoms with van der Waals surface area (Å²) in [4.78, 5) is 18.3. The van der Waals surface area contributed by atoms with Crippen LogP contribution >= 0.6 is 24.0 Å². The Balaban J connectivity index is 0.00000392. The maximum atomic E-state index is 11.8. The number of aliphatic imine (C=N–C) groups is 1. The zero-order valence-corrected chi connectivity index (χ0v) is 19.4. The number of nitrogens with zero attached hydrogens (tertiary/aromatic N) is 2. The van der Waals surface area contributed by atoms with Gasteiger partial charge in [0, 0.05) is 25.7 Å². The number of nitrogens with one attached hydrogen (secondary N) is 2. The minimum absolute atomic E-state index is 0. The van der Waals surface area contributed by atoms with Crippen molar-refractivity contribution < 1.29 is 14.3 Å². The quantitative estimate of drug-likeness (QED) is 0.339. The first-order valence-corrected chi connectivity index (χ1v) is 9.84. The van der Waals surface area contributed by atoms with Gasteiger partial charge in [0.25, 0.3) is 0 Å². The summed E-state index contributed by atoms with van der Waals surface area (Å²) in [5, 5.41) is 6.78. The summed E-state index contributed by atoms with van der Waals surface area (Å²) in [6, 6.07) is 8.31. The van der Waals surface area contributed by atoms with Crippen LogP contribution in [0.1, 0.15) is 39.2 Å². The van der Waals surface area contributed by atoms with Crippen LogP contribution in [0.15, 0.2) is 29.3 Å². The number of hydrogen-bond acceptors (Lipinski definition) is 4. The summed E-state index contributed by atoms with van der Waals surface area (Å²) in [7, 11) is 0. The van der Waals surface area contributed by atoms with Crippen LogP contribution in [0.4, 0.5) is 4.79 Å². The second-order valence-corrected chi connectivity index (χ2v) is 6.38. The predicted octanol–water partition coefficient (Wildman–Crippen LogP) is 3.38. The van der Waals surface area contributed by atoms with Gasteiger partial charge in [-0.1, -0.05) is 12.1 Å². The van der Waals surface area contributed by atoms with Gasteiger partial charge in [0.05, 0.1) is 19.8 Å². The fourth-order valence-corrected chi connectivity index (χ4v) is 3.01. The van der Waals surface area contributed by atoms with Crippen molar-refractivity contribution in [3.8, 4) is 5.75 Å². The molecule has 1 aliphatic rings. The average Bonchev–Trinajstić information content (AvgIpc) is 2.68. The molecule has 28 heavy (non-hydrogen) atoms. The van der Waals surface area contributed by atoms with Crippen LogP contribution in [-0.2, 0) is 11.3 Å². The molecule has 7 nitrogen and oxygen atoms in total. The lowest BCUT2D eigenvalue weighted by Crippen LogP contribution is -2.49. The average molecular weight is 504 g/mol. The molecule has 0 aliphatic carbocycles. The van der Waals surface area contributed by atoms with Crippen molar-refractivity contribution in [2.75, 3.05) is 32.8 Å². The lowest BCUT2D eigenvalue weighted by Gasteiger charge is -2.32. The molecule has 1 heterocycles. The third kappa shape index (κ3) is 8.12. The van der Waals surface area contributed by atoms with Gasteiger partial charge in [-0.15, -0.1) is 24.0 Å². The van der Waals surface area contributed by atoms with E-state index in [1.807, 2.05) is 38.1 Å². The molecule has 1 aromatic carbocycles. The topological polar surface area (TPSA) is 75.2 Å². The van der Waals surface area contributed by atoms with E-state index in [0.717, 1.165) is 36.7 Å².